The van der Waals surface area contributed by atoms with Gasteiger partial charge in [0.25, 0.3) is 0 Å². The van der Waals surface area contributed by atoms with Gasteiger partial charge in [0.1, 0.15) is 22.9 Å². The Morgan fingerprint density at radius 2 is 1.93 bits per heavy atom. The summed E-state index contributed by atoms with van der Waals surface area (Å²) in [5.41, 5.74) is 0.242. The Labute approximate surface area is 167 Å². The minimum Gasteiger partial charge on any atom is -0.467 e. The Kier molecular flexibility index (Phi) is 5.40. The van der Waals surface area contributed by atoms with Crippen molar-refractivity contribution in [2.75, 3.05) is 10.7 Å². The standard InChI is InChI=1S/C20H14F2N2O2S2/c21-13-6-8-15(9-7-13)27-12-18(25)24(11-14-3-2-10-26-14)20-23-19-16(22)4-1-5-17(19)28-20/h1-10H,11-12H2. The Balaban J connectivity index is 1.59. The van der Waals surface area contributed by atoms with Gasteiger partial charge in [-0.2, -0.15) is 0 Å². The highest BCUT2D eigenvalue weighted by atomic mass is 32.2. The van der Waals surface area contributed by atoms with Crippen LogP contribution < -0.4 is 4.90 Å². The number of amides is 1. The first-order valence-electron chi connectivity index (χ1n) is 8.36. The average molecular weight is 416 g/mol. The van der Waals surface area contributed by atoms with Crippen molar-refractivity contribution in [1.82, 2.24) is 4.98 Å². The highest BCUT2D eigenvalue weighted by molar-refractivity contribution is 8.00. The number of halogens is 2. The third-order valence-electron chi connectivity index (χ3n) is 3.96. The maximum Gasteiger partial charge on any atom is 0.239 e. The second-order valence-electron chi connectivity index (χ2n) is 5.88. The number of furan rings is 1. The molecule has 0 aliphatic heterocycles. The number of rotatable bonds is 6. The Morgan fingerprint density at radius 1 is 1.11 bits per heavy atom. The maximum absolute atomic E-state index is 14.0. The van der Waals surface area contributed by atoms with Crippen LogP contribution in [0.5, 0.6) is 0 Å². The maximum atomic E-state index is 14.0. The van der Waals surface area contributed by atoms with Gasteiger partial charge in [-0.1, -0.05) is 17.4 Å². The molecule has 4 rings (SSSR count). The van der Waals surface area contributed by atoms with Crippen molar-refractivity contribution in [3.05, 3.63) is 78.3 Å². The Morgan fingerprint density at radius 3 is 2.64 bits per heavy atom. The van der Waals surface area contributed by atoms with E-state index in [9.17, 15) is 13.6 Å². The average Bonchev–Trinajstić information content (AvgIpc) is 3.35. The molecule has 0 saturated carbocycles. The third-order valence-corrected chi connectivity index (χ3v) is 6.00. The van der Waals surface area contributed by atoms with E-state index >= 15 is 0 Å². The molecule has 142 valence electrons. The summed E-state index contributed by atoms with van der Waals surface area (Å²) in [7, 11) is 0. The molecule has 2 aromatic carbocycles. The van der Waals surface area contributed by atoms with Crippen LogP contribution in [0.3, 0.4) is 0 Å². The predicted molar refractivity (Wildman–Crippen MR) is 107 cm³/mol. The third kappa shape index (κ3) is 4.07. The number of thiazole rings is 1. The van der Waals surface area contributed by atoms with Gasteiger partial charge in [0.15, 0.2) is 5.13 Å². The SMILES string of the molecule is O=C(CSc1ccc(F)cc1)N(Cc1ccco1)c1nc2c(F)cccc2s1. The molecular formula is C20H14F2N2O2S2. The molecule has 0 aliphatic rings. The normalized spacial score (nSPS) is 11.1. The van der Waals surface area contributed by atoms with Gasteiger partial charge in [0.05, 0.1) is 23.3 Å². The fourth-order valence-corrected chi connectivity index (χ4v) is 4.36. The number of carbonyl (C=O) groups excluding carboxylic acids is 1. The molecule has 2 aromatic heterocycles. The first-order valence-corrected chi connectivity index (χ1v) is 10.2. The number of hydrogen-bond donors (Lipinski definition) is 0. The van der Waals surface area contributed by atoms with E-state index in [1.807, 2.05) is 0 Å². The molecule has 8 heteroatoms. The van der Waals surface area contributed by atoms with Crippen molar-refractivity contribution in [2.45, 2.75) is 11.4 Å². The van der Waals surface area contributed by atoms with Gasteiger partial charge in [0, 0.05) is 4.90 Å². The van der Waals surface area contributed by atoms with Gasteiger partial charge in [-0.3, -0.25) is 9.69 Å². The second-order valence-corrected chi connectivity index (χ2v) is 7.94. The molecule has 0 unspecified atom stereocenters. The van der Waals surface area contributed by atoms with Crippen LogP contribution in [-0.4, -0.2) is 16.6 Å². The first kappa shape index (κ1) is 18.6. The van der Waals surface area contributed by atoms with Crippen molar-refractivity contribution in [2.24, 2.45) is 0 Å². The topological polar surface area (TPSA) is 46.3 Å². The van der Waals surface area contributed by atoms with Gasteiger partial charge < -0.3 is 4.42 Å². The highest BCUT2D eigenvalue weighted by Crippen LogP contribution is 2.32. The van der Waals surface area contributed by atoms with E-state index in [0.717, 1.165) is 4.90 Å². The molecule has 0 aliphatic carbocycles. The number of aromatic nitrogens is 1. The van der Waals surface area contributed by atoms with Crippen LogP contribution in [-0.2, 0) is 11.3 Å². The van der Waals surface area contributed by atoms with Gasteiger partial charge >= 0.3 is 0 Å². The van der Waals surface area contributed by atoms with Gasteiger partial charge in [-0.15, -0.1) is 11.8 Å². The van der Waals surface area contributed by atoms with Crippen molar-refractivity contribution in [3.63, 3.8) is 0 Å². The van der Waals surface area contributed by atoms with Crippen molar-refractivity contribution < 1.29 is 18.0 Å². The smallest absolute Gasteiger partial charge is 0.239 e. The van der Waals surface area contributed by atoms with Crippen LogP contribution in [0.25, 0.3) is 10.2 Å². The van der Waals surface area contributed by atoms with E-state index < -0.39 is 5.82 Å². The fraction of sp³-hybridized carbons (Fsp3) is 0.100. The largest absolute Gasteiger partial charge is 0.467 e. The summed E-state index contributed by atoms with van der Waals surface area (Å²) in [6, 6.07) is 14.2. The van der Waals surface area contributed by atoms with E-state index in [4.69, 9.17) is 4.42 Å². The molecule has 4 aromatic rings. The lowest BCUT2D eigenvalue weighted by atomic mass is 10.3. The van der Waals surface area contributed by atoms with Crippen LogP contribution >= 0.6 is 23.1 Å². The minimum absolute atomic E-state index is 0.130. The zero-order valence-corrected chi connectivity index (χ0v) is 16.1. The molecule has 0 bridgehead atoms. The quantitative estimate of drug-likeness (QED) is 0.390. The van der Waals surface area contributed by atoms with Crippen molar-refractivity contribution in [3.8, 4) is 0 Å². The number of hydrogen-bond acceptors (Lipinski definition) is 5. The second kappa shape index (κ2) is 8.12. The predicted octanol–water partition coefficient (Wildman–Crippen LogP) is 5.49. The molecule has 0 spiro atoms. The van der Waals surface area contributed by atoms with Gasteiger partial charge in [0.2, 0.25) is 5.91 Å². The van der Waals surface area contributed by atoms with Crippen molar-refractivity contribution >= 4 is 44.4 Å². The summed E-state index contributed by atoms with van der Waals surface area (Å²) in [6.45, 7) is 0.192. The molecule has 1 amide bonds. The van der Waals surface area contributed by atoms with Crippen LogP contribution in [0.15, 0.2) is 70.2 Å². The lowest BCUT2D eigenvalue weighted by molar-refractivity contribution is -0.116. The van der Waals surface area contributed by atoms with E-state index in [2.05, 4.69) is 4.98 Å². The summed E-state index contributed by atoms with van der Waals surface area (Å²) in [6.07, 6.45) is 1.53. The van der Waals surface area contributed by atoms with E-state index in [0.29, 0.717) is 15.6 Å². The number of nitrogens with zero attached hydrogens (tertiary/aromatic N) is 2. The molecule has 0 N–H and O–H groups in total. The zero-order valence-electron chi connectivity index (χ0n) is 14.5. The monoisotopic (exact) mass is 416 g/mol. The summed E-state index contributed by atoms with van der Waals surface area (Å²) >= 11 is 2.54. The van der Waals surface area contributed by atoms with Crippen LogP contribution in [0, 0.1) is 11.6 Å². The van der Waals surface area contributed by atoms with Gasteiger partial charge in [-0.25, -0.2) is 13.8 Å². The summed E-state index contributed by atoms with van der Waals surface area (Å²) in [5.74, 6) is -0.229. The summed E-state index contributed by atoms with van der Waals surface area (Å²) in [5, 5.41) is 0.404. The molecule has 0 fully saturated rings. The lowest BCUT2D eigenvalue weighted by Gasteiger charge is -2.18. The molecule has 0 saturated heterocycles. The molecule has 28 heavy (non-hydrogen) atoms. The summed E-state index contributed by atoms with van der Waals surface area (Å²) < 4.78 is 33.1. The summed E-state index contributed by atoms with van der Waals surface area (Å²) in [4.78, 5) is 19.5. The van der Waals surface area contributed by atoms with E-state index in [1.165, 1.54) is 52.5 Å². The molecular weight excluding hydrogens is 402 g/mol. The number of carbonyl (C=O) groups is 1. The lowest BCUT2D eigenvalue weighted by Crippen LogP contribution is -2.31. The minimum atomic E-state index is -0.425. The van der Waals surface area contributed by atoms with Crippen molar-refractivity contribution in [1.29, 1.82) is 0 Å². The molecule has 0 radical (unpaired) electrons. The Hall–Kier alpha value is -2.71. The molecule has 2 heterocycles. The number of thioether (sulfide) groups is 1. The van der Waals surface area contributed by atoms with Gasteiger partial charge in [-0.05, 0) is 48.5 Å². The van der Waals surface area contributed by atoms with E-state index in [1.54, 1.807) is 36.4 Å². The Bertz CT molecular complexity index is 1100. The number of benzene rings is 2. The number of anilines is 1. The zero-order chi connectivity index (χ0) is 19.5. The highest BCUT2D eigenvalue weighted by Gasteiger charge is 2.22. The van der Waals surface area contributed by atoms with E-state index in [-0.39, 0.29) is 29.5 Å². The molecule has 0 atom stereocenters. The van der Waals surface area contributed by atoms with Crippen LogP contribution in [0.2, 0.25) is 0 Å². The number of para-hydroxylation sites is 1. The van der Waals surface area contributed by atoms with Crippen LogP contribution in [0.4, 0.5) is 13.9 Å². The first-order chi connectivity index (χ1) is 13.6. The molecule has 4 nitrogen and oxygen atoms in total. The number of fused-ring (bicyclic) bond motifs is 1. The van der Waals surface area contributed by atoms with Crippen LogP contribution in [0.1, 0.15) is 5.76 Å². The fourth-order valence-electron chi connectivity index (χ4n) is 2.59.